The van der Waals surface area contributed by atoms with Gasteiger partial charge in [-0.25, -0.2) is 0 Å². The first-order valence-corrected chi connectivity index (χ1v) is 4.89. The Labute approximate surface area is 101 Å². The highest BCUT2D eigenvalue weighted by atomic mass is 19.4. The Balaban J connectivity index is 2.68. The van der Waals surface area contributed by atoms with Crippen molar-refractivity contribution in [3.8, 4) is 0 Å². The van der Waals surface area contributed by atoms with Crippen LogP contribution < -0.4 is 5.73 Å². The van der Waals surface area contributed by atoms with Crippen LogP contribution in [0.2, 0.25) is 0 Å². The molecule has 0 spiro atoms. The molecule has 1 aromatic rings. The topological polar surface area (TPSA) is 69.4 Å². The minimum absolute atomic E-state index is 0.152. The first-order valence-electron chi connectivity index (χ1n) is 4.89. The van der Waals surface area contributed by atoms with E-state index in [1.54, 1.807) is 0 Å². The summed E-state index contributed by atoms with van der Waals surface area (Å²) in [5.74, 6) is -1.64. The predicted molar refractivity (Wildman–Crippen MR) is 55.3 cm³/mol. The predicted octanol–water partition coefficient (Wildman–Crippen LogP) is 1.28. The Morgan fingerprint density at radius 3 is 2.50 bits per heavy atom. The van der Waals surface area contributed by atoms with E-state index < -0.39 is 30.2 Å². The molecule has 1 rings (SSSR count). The molecule has 0 aliphatic carbocycles. The van der Waals surface area contributed by atoms with Crippen LogP contribution in [0, 0.1) is 0 Å². The highest BCUT2D eigenvalue weighted by Crippen LogP contribution is 2.29. The van der Waals surface area contributed by atoms with E-state index in [9.17, 15) is 22.8 Å². The average Bonchev–Trinajstić information content (AvgIpc) is 2.25. The molecular formula is C11H10F3NO3. The highest BCUT2D eigenvalue weighted by molar-refractivity contribution is 5.79. The Bertz CT molecular complexity index is 457. The third-order valence-electron chi connectivity index (χ3n) is 1.98. The summed E-state index contributed by atoms with van der Waals surface area (Å²) in [6.45, 7) is -0.586. The van der Waals surface area contributed by atoms with Gasteiger partial charge in [0.15, 0.2) is 6.61 Å². The molecule has 4 nitrogen and oxygen atoms in total. The standard InChI is InChI=1S/C11H10F3NO3/c12-11(13,14)8-3-1-2-7(4-8)5-10(17)18-6-9(15)16/h1-4H,5-6H2,(H2,15,16). The van der Waals surface area contributed by atoms with Crippen molar-refractivity contribution >= 4 is 11.9 Å². The number of hydrogen-bond donors (Lipinski definition) is 1. The van der Waals surface area contributed by atoms with E-state index in [1.807, 2.05) is 0 Å². The van der Waals surface area contributed by atoms with Crippen LogP contribution in [-0.2, 0) is 26.9 Å². The molecule has 98 valence electrons. The minimum atomic E-state index is -4.47. The van der Waals surface area contributed by atoms with E-state index in [0.29, 0.717) is 0 Å². The smallest absolute Gasteiger partial charge is 0.416 e. The van der Waals surface area contributed by atoms with Crippen molar-refractivity contribution in [2.24, 2.45) is 5.73 Å². The summed E-state index contributed by atoms with van der Waals surface area (Å²) in [4.78, 5) is 21.5. The van der Waals surface area contributed by atoms with Crippen molar-refractivity contribution in [2.75, 3.05) is 6.61 Å². The van der Waals surface area contributed by atoms with E-state index in [-0.39, 0.29) is 12.0 Å². The minimum Gasteiger partial charge on any atom is -0.455 e. The molecule has 0 atom stereocenters. The number of primary amides is 1. The van der Waals surface area contributed by atoms with Crippen LogP contribution in [0.5, 0.6) is 0 Å². The number of halogens is 3. The second-order valence-corrected chi connectivity index (χ2v) is 3.50. The van der Waals surface area contributed by atoms with Crippen molar-refractivity contribution in [3.63, 3.8) is 0 Å². The molecule has 0 saturated carbocycles. The van der Waals surface area contributed by atoms with Crippen LogP contribution in [-0.4, -0.2) is 18.5 Å². The van der Waals surface area contributed by atoms with Crippen LogP contribution in [0.4, 0.5) is 13.2 Å². The third-order valence-corrected chi connectivity index (χ3v) is 1.98. The summed E-state index contributed by atoms with van der Waals surface area (Å²) < 4.78 is 41.6. The number of benzene rings is 1. The van der Waals surface area contributed by atoms with Gasteiger partial charge in [-0.2, -0.15) is 13.2 Å². The Morgan fingerprint density at radius 1 is 1.28 bits per heavy atom. The van der Waals surface area contributed by atoms with Crippen LogP contribution in [0.15, 0.2) is 24.3 Å². The van der Waals surface area contributed by atoms with Crippen molar-refractivity contribution in [3.05, 3.63) is 35.4 Å². The van der Waals surface area contributed by atoms with Crippen LogP contribution in [0.3, 0.4) is 0 Å². The number of alkyl halides is 3. The van der Waals surface area contributed by atoms with Crippen LogP contribution in [0.25, 0.3) is 0 Å². The molecule has 0 aliphatic heterocycles. The monoisotopic (exact) mass is 261 g/mol. The van der Waals surface area contributed by atoms with Gasteiger partial charge >= 0.3 is 12.1 Å². The van der Waals surface area contributed by atoms with Crippen molar-refractivity contribution in [1.82, 2.24) is 0 Å². The van der Waals surface area contributed by atoms with Gasteiger partial charge in [-0.1, -0.05) is 18.2 Å². The molecule has 2 N–H and O–H groups in total. The maximum absolute atomic E-state index is 12.4. The van der Waals surface area contributed by atoms with Crippen molar-refractivity contribution < 1.29 is 27.5 Å². The molecule has 1 amide bonds. The molecule has 0 radical (unpaired) electrons. The summed E-state index contributed by atoms with van der Waals surface area (Å²) in [7, 11) is 0. The zero-order valence-electron chi connectivity index (χ0n) is 9.16. The molecule has 0 aliphatic rings. The summed E-state index contributed by atoms with van der Waals surface area (Å²) in [5, 5.41) is 0. The van der Waals surface area contributed by atoms with Gasteiger partial charge in [-0.3, -0.25) is 9.59 Å². The van der Waals surface area contributed by atoms with Gasteiger partial charge in [0.05, 0.1) is 12.0 Å². The summed E-state index contributed by atoms with van der Waals surface area (Å²) >= 11 is 0. The van der Waals surface area contributed by atoms with E-state index in [1.165, 1.54) is 12.1 Å². The number of esters is 1. The van der Waals surface area contributed by atoms with E-state index in [0.717, 1.165) is 12.1 Å². The average molecular weight is 261 g/mol. The molecule has 0 bridgehead atoms. The van der Waals surface area contributed by atoms with E-state index in [4.69, 9.17) is 5.73 Å². The number of nitrogens with two attached hydrogens (primary N) is 1. The van der Waals surface area contributed by atoms with Gasteiger partial charge < -0.3 is 10.5 Å². The fourth-order valence-electron chi connectivity index (χ4n) is 1.23. The number of carbonyl (C=O) groups excluding carboxylic acids is 2. The second kappa shape index (κ2) is 5.52. The Morgan fingerprint density at radius 2 is 1.94 bits per heavy atom. The quantitative estimate of drug-likeness (QED) is 0.830. The summed E-state index contributed by atoms with van der Waals surface area (Å²) in [5.41, 5.74) is 4.06. The molecular weight excluding hydrogens is 251 g/mol. The number of rotatable bonds is 4. The van der Waals surface area contributed by atoms with Crippen molar-refractivity contribution in [2.45, 2.75) is 12.6 Å². The SMILES string of the molecule is NC(=O)COC(=O)Cc1cccc(C(F)(F)F)c1. The van der Waals surface area contributed by atoms with Crippen molar-refractivity contribution in [1.29, 1.82) is 0 Å². The number of ether oxygens (including phenoxy) is 1. The van der Waals surface area contributed by atoms with Crippen LogP contribution >= 0.6 is 0 Å². The first kappa shape index (κ1) is 14.0. The Kier molecular flexibility index (Phi) is 4.30. The van der Waals surface area contributed by atoms with Gasteiger partial charge in [-0.15, -0.1) is 0 Å². The molecule has 18 heavy (non-hydrogen) atoms. The lowest BCUT2D eigenvalue weighted by Gasteiger charge is -2.08. The van der Waals surface area contributed by atoms with Gasteiger partial charge in [0.1, 0.15) is 0 Å². The molecule has 7 heteroatoms. The zero-order chi connectivity index (χ0) is 13.8. The largest absolute Gasteiger partial charge is 0.455 e. The van der Waals surface area contributed by atoms with Gasteiger partial charge in [0.25, 0.3) is 5.91 Å². The maximum Gasteiger partial charge on any atom is 0.416 e. The number of carbonyl (C=O) groups is 2. The molecule has 0 fully saturated rings. The molecule has 1 aromatic carbocycles. The molecule has 0 saturated heterocycles. The Hall–Kier alpha value is -2.05. The lowest BCUT2D eigenvalue weighted by atomic mass is 10.1. The van der Waals surface area contributed by atoms with Crippen LogP contribution in [0.1, 0.15) is 11.1 Å². The third kappa shape index (κ3) is 4.44. The summed E-state index contributed by atoms with van der Waals surface area (Å²) in [6.07, 6.45) is -4.82. The molecule has 0 aromatic heterocycles. The second-order valence-electron chi connectivity index (χ2n) is 3.50. The fourth-order valence-corrected chi connectivity index (χ4v) is 1.23. The lowest BCUT2D eigenvalue weighted by molar-refractivity contribution is -0.147. The van der Waals surface area contributed by atoms with E-state index in [2.05, 4.69) is 4.74 Å². The van der Waals surface area contributed by atoms with E-state index >= 15 is 0 Å². The lowest BCUT2D eigenvalue weighted by Crippen LogP contribution is -2.21. The maximum atomic E-state index is 12.4. The fraction of sp³-hybridized carbons (Fsp3) is 0.273. The molecule has 0 unspecified atom stereocenters. The number of amides is 1. The number of hydrogen-bond acceptors (Lipinski definition) is 3. The normalized spacial score (nSPS) is 11.1. The van der Waals surface area contributed by atoms with Gasteiger partial charge in [0.2, 0.25) is 0 Å². The summed E-state index contributed by atoms with van der Waals surface area (Å²) in [6, 6.07) is 4.31. The first-order chi connectivity index (χ1) is 8.29. The molecule has 0 heterocycles. The van der Waals surface area contributed by atoms with Gasteiger partial charge in [0, 0.05) is 0 Å². The van der Waals surface area contributed by atoms with Gasteiger partial charge in [-0.05, 0) is 11.6 Å². The zero-order valence-corrected chi connectivity index (χ0v) is 9.16. The highest BCUT2D eigenvalue weighted by Gasteiger charge is 2.30.